The van der Waals surface area contributed by atoms with Gasteiger partial charge in [-0.1, -0.05) is 25.8 Å². The highest BCUT2D eigenvalue weighted by Crippen LogP contribution is 2.03. The van der Waals surface area contributed by atoms with Gasteiger partial charge in [0.05, 0.1) is 0 Å². The highest BCUT2D eigenvalue weighted by molar-refractivity contribution is 6.71. The van der Waals surface area contributed by atoms with E-state index >= 15 is 0 Å². The monoisotopic (exact) mass is 200 g/mol. The van der Waals surface area contributed by atoms with Crippen molar-refractivity contribution >= 4 is 14.3 Å². The van der Waals surface area contributed by atoms with Gasteiger partial charge in [-0.25, -0.2) is 4.79 Å². The third-order valence-corrected chi connectivity index (χ3v) is 2.20. The first-order chi connectivity index (χ1) is 5.95. The first-order valence-electron chi connectivity index (χ1n) is 4.85. The van der Waals surface area contributed by atoms with E-state index in [4.69, 9.17) is 4.43 Å². The van der Waals surface area contributed by atoms with Crippen LogP contribution < -0.4 is 0 Å². The molecule has 0 saturated heterocycles. The van der Waals surface area contributed by atoms with Crippen LogP contribution in [-0.2, 0) is 9.22 Å². The molecule has 0 radical (unpaired) electrons. The second-order valence-corrected chi connectivity index (χ2v) is 8.51. The van der Waals surface area contributed by atoms with Gasteiger partial charge >= 0.3 is 5.97 Å². The molecule has 0 unspecified atom stereocenters. The van der Waals surface area contributed by atoms with Gasteiger partial charge in [0.1, 0.15) is 0 Å². The Morgan fingerprint density at radius 3 is 2.46 bits per heavy atom. The van der Waals surface area contributed by atoms with Crippen LogP contribution in [0, 0.1) is 0 Å². The minimum atomic E-state index is -1.69. The van der Waals surface area contributed by atoms with E-state index in [9.17, 15) is 4.79 Å². The molecule has 0 heterocycles. The Kier molecular flexibility index (Phi) is 5.71. The van der Waals surface area contributed by atoms with E-state index in [0.717, 1.165) is 19.3 Å². The van der Waals surface area contributed by atoms with E-state index in [0.29, 0.717) is 0 Å². The molecule has 0 aliphatic heterocycles. The molecule has 0 spiro atoms. The number of rotatable bonds is 5. The predicted molar refractivity (Wildman–Crippen MR) is 58.1 cm³/mol. The lowest BCUT2D eigenvalue weighted by Crippen LogP contribution is -2.28. The van der Waals surface area contributed by atoms with E-state index in [-0.39, 0.29) is 5.97 Å². The van der Waals surface area contributed by atoms with Gasteiger partial charge in [0.2, 0.25) is 8.32 Å². The summed E-state index contributed by atoms with van der Waals surface area (Å²) < 4.78 is 5.23. The first kappa shape index (κ1) is 12.4. The van der Waals surface area contributed by atoms with E-state index in [1.165, 1.54) is 0 Å². The Labute approximate surface area is 82.1 Å². The minimum Gasteiger partial charge on any atom is -0.517 e. The van der Waals surface area contributed by atoms with Crippen LogP contribution in [0.4, 0.5) is 0 Å². The number of hydrogen-bond donors (Lipinski definition) is 0. The van der Waals surface area contributed by atoms with Crippen molar-refractivity contribution in [2.24, 2.45) is 0 Å². The van der Waals surface area contributed by atoms with Crippen LogP contribution in [0.2, 0.25) is 19.6 Å². The molecule has 0 N–H and O–H groups in total. The van der Waals surface area contributed by atoms with E-state index < -0.39 is 8.32 Å². The summed E-state index contributed by atoms with van der Waals surface area (Å²) in [6.45, 7) is 8.15. The third kappa shape index (κ3) is 9.34. The zero-order chi connectivity index (χ0) is 10.3. The fourth-order valence-electron chi connectivity index (χ4n) is 0.837. The molecule has 0 aliphatic rings. The second kappa shape index (κ2) is 5.97. The van der Waals surface area contributed by atoms with Crippen LogP contribution in [0.5, 0.6) is 0 Å². The highest BCUT2D eigenvalue weighted by Gasteiger charge is 2.17. The van der Waals surface area contributed by atoms with Gasteiger partial charge in [-0.3, -0.25) is 0 Å². The van der Waals surface area contributed by atoms with Crippen LogP contribution in [0.1, 0.15) is 26.2 Å². The topological polar surface area (TPSA) is 26.3 Å². The summed E-state index contributed by atoms with van der Waals surface area (Å²) in [6, 6.07) is 0. The molecule has 0 aromatic heterocycles. The van der Waals surface area contributed by atoms with Crippen molar-refractivity contribution in [1.29, 1.82) is 0 Å². The molecule has 0 amide bonds. The lowest BCUT2D eigenvalue weighted by atomic mass is 10.2. The third-order valence-electron chi connectivity index (χ3n) is 1.39. The van der Waals surface area contributed by atoms with Gasteiger partial charge in [0, 0.05) is 6.08 Å². The second-order valence-electron chi connectivity index (χ2n) is 4.08. The largest absolute Gasteiger partial charge is 0.517 e. The molecule has 0 rings (SSSR count). The molecule has 0 aliphatic carbocycles. The molecule has 0 aromatic rings. The molecule has 76 valence electrons. The van der Waals surface area contributed by atoms with Crippen molar-refractivity contribution in [2.75, 3.05) is 0 Å². The number of allylic oxidation sites excluding steroid dienone is 1. The summed E-state index contributed by atoms with van der Waals surface area (Å²) in [5, 5.41) is 0. The zero-order valence-corrected chi connectivity index (χ0v) is 10.1. The van der Waals surface area contributed by atoms with Crippen molar-refractivity contribution < 1.29 is 9.22 Å². The van der Waals surface area contributed by atoms with Crippen molar-refractivity contribution in [3.05, 3.63) is 12.2 Å². The average molecular weight is 200 g/mol. The minimum absolute atomic E-state index is 0.185. The quantitative estimate of drug-likeness (QED) is 0.387. The summed E-state index contributed by atoms with van der Waals surface area (Å²) in [7, 11) is -1.69. The van der Waals surface area contributed by atoms with Gasteiger partial charge in [-0.15, -0.1) is 0 Å². The number of carbonyl (C=O) groups is 1. The van der Waals surface area contributed by atoms with E-state index in [1.54, 1.807) is 6.08 Å². The normalized spacial score (nSPS) is 12.0. The van der Waals surface area contributed by atoms with Crippen molar-refractivity contribution in [3.8, 4) is 0 Å². The molecular formula is C10H20O2Si. The molecule has 2 nitrogen and oxygen atoms in total. The maximum Gasteiger partial charge on any atom is 0.317 e. The molecule has 13 heavy (non-hydrogen) atoms. The van der Waals surface area contributed by atoms with Gasteiger partial charge < -0.3 is 4.43 Å². The van der Waals surface area contributed by atoms with Crippen LogP contribution in [0.25, 0.3) is 0 Å². The van der Waals surface area contributed by atoms with Crippen LogP contribution in [-0.4, -0.2) is 14.3 Å². The number of carbonyl (C=O) groups excluding carboxylic acids is 1. The smallest absolute Gasteiger partial charge is 0.317 e. The van der Waals surface area contributed by atoms with Gasteiger partial charge in [0.25, 0.3) is 0 Å². The summed E-state index contributed by atoms with van der Waals surface area (Å²) in [6.07, 6.45) is 6.71. The van der Waals surface area contributed by atoms with Gasteiger partial charge in [-0.05, 0) is 26.1 Å². The Hall–Kier alpha value is -0.573. The Morgan fingerprint density at radius 2 is 2.00 bits per heavy atom. The Bertz CT molecular complexity index is 180. The van der Waals surface area contributed by atoms with Crippen molar-refractivity contribution in [1.82, 2.24) is 0 Å². The standard InChI is InChI=1S/C10H20O2Si/c1-5-6-7-8-9-10(11)12-13(2,3)4/h8-9H,5-7H2,1-4H3. The van der Waals surface area contributed by atoms with Gasteiger partial charge in [-0.2, -0.15) is 0 Å². The Balaban J connectivity index is 3.68. The fourth-order valence-corrected chi connectivity index (χ4v) is 1.51. The molecule has 0 aromatic carbocycles. The van der Waals surface area contributed by atoms with Crippen LogP contribution >= 0.6 is 0 Å². The van der Waals surface area contributed by atoms with E-state index in [1.807, 2.05) is 25.7 Å². The van der Waals surface area contributed by atoms with Crippen LogP contribution in [0.3, 0.4) is 0 Å². The number of unbranched alkanes of at least 4 members (excludes halogenated alkanes) is 2. The summed E-state index contributed by atoms with van der Waals surface area (Å²) >= 11 is 0. The van der Waals surface area contributed by atoms with Crippen LogP contribution in [0.15, 0.2) is 12.2 Å². The fraction of sp³-hybridized carbons (Fsp3) is 0.700. The zero-order valence-electron chi connectivity index (χ0n) is 9.09. The SMILES string of the molecule is CCCCC=CC(=O)O[Si](C)(C)C. The highest BCUT2D eigenvalue weighted by atomic mass is 28.4. The molecule has 0 fully saturated rings. The molecule has 0 bridgehead atoms. The number of hydrogen-bond acceptors (Lipinski definition) is 2. The molecule has 0 saturated carbocycles. The predicted octanol–water partition coefficient (Wildman–Crippen LogP) is 3.11. The van der Waals surface area contributed by atoms with Gasteiger partial charge in [0.15, 0.2) is 0 Å². The van der Waals surface area contributed by atoms with Crippen molar-refractivity contribution in [3.63, 3.8) is 0 Å². The van der Waals surface area contributed by atoms with Crippen molar-refractivity contribution in [2.45, 2.75) is 45.8 Å². The average Bonchev–Trinajstić information content (AvgIpc) is 1.94. The maximum absolute atomic E-state index is 11.1. The maximum atomic E-state index is 11.1. The molecule has 3 heteroatoms. The Morgan fingerprint density at radius 1 is 1.38 bits per heavy atom. The summed E-state index contributed by atoms with van der Waals surface area (Å²) in [4.78, 5) is 11.1. The summed E-state index contributed by atoms with van der Waals surface area (Å²) in [5.74, 6) is -0.185. The first-order valence-corrected chi connectivity index (χ1v) is 8.26. The molecule has 0 atom stereocenters. The summed E-state index contributed by atoms with van der Waals surface area (Å²) in [5.41, 5.74) is 0. The van der Waals surface area contributed by atoms with E-state index in [2.05, 4.69) is 6.92 Å². The molecular weight excluding hydrogens is 180 g/mol. The lowest BCUT2D eigenvalue weighted by Gasteiger charge is -2.15. The lowest BCUT2D eigenvalue weighted by molar-refractivity contribution is -0.129.